The summed E-state index contributed by atoms with van der Waals surface area (Å²) in [5.74, 6) is 0.0721. The van der Waals surface area contributed by atoms with Crippen molar-refractivity contribution < 1.29 is 4.79 Å². The average molecular weight is 470 g/mol. The molecule has 1 aliphatic rings. The van der Waals surface area contributed by atoms with E-state index < -0.39 is 5.41 Å². The summed E-state index contributed by atoms with van der Waals surface area (Å²) in [6, 6.07) is 8.62. The SMILES string of the molecule is CCN1CCN(Cc2ccc(CNC(=O)C(CC)(CC)CN)cc2)CC1.Cl.Cl.Cl. The van der Waals surface area contributed by atoms with E-state index in [1.165, 1.54) is 18.7 Å². The molecule has 170 valence electrons. The van der Waals surface area contributed by atoms with E-state index in [9.17, 15) is 4.79 Å². The second-order valence-electron chi connectivity index (χ2n) is 7.40. The van der Waals surface area contributed by atoms with Gasteiger partial charge in [-0.05, 0) is 30.5 Å². The van der Waals surface area contributed by atoms with Crippen molar-refractivity contribution in [2.45, 2.75) is 46.7 Å². The Morgan fingerprint density at radius 3 is 1.86 bits per heavy atom. The number of halogens is 3. The quantitative estimate of drug-likeness (QED) is 0.581. The van der Waals surface area contributed by atoms with E-state index in [-0.39, 0.29) is 43.1 Å². The zero-order chi connectivity index (χ0) is 19.0. The number of rotatable bonds is 9. The van der Waals surface area contributed by atoms with Gasteiger partial charge in [0.05, 0.1) is 5.41 Å². The minimum Gasteiger partial charge on any atom is -0.352 e. The van der Waals surface area contributed by atoms with Crippen molar-refractivity contribution in [1.29, 1.82) is 0 Å². The summed E-state index contributed by atoms with van der Waals surface area (Å²) in [6.07, 6.45) is 1.55. The molecule has 1 fully saturated rings. The molecule has 0 unspecified atom stereocenters. The Balaban J connectivity index is 0. The minimum absolute atomic E-state index is 0. The second kappa shape index (κ2) is 15.3. The summed E-state index contributed by atoms with van der Waals surface area (Å²) >= 11 is 0. The Morgan fingerprint density at radius 2 is 1.41 bits per heavy atom. The molecule has 1 aromatic rings. The number of piperazine rings is 1. The highest BCUT2D eigenvalue weighted by Gasteiger charge is 2.32. The van der Waals surface area contributed by atoms with E-state index in [1.807, 2.05) is 13.8 Å². The van der Waals surface area contributed by atoms with Gasteiger partial charge in [0.15, 0.2) is 0 Å². The average Bonchev–Trinajstić information content (AvgIpc) is 2.70. The largest absolute Gasteiger partial charge is 0.352 e. The molecule has 0 saturated carbocycles. The summed E-state index contributed by atoms with van der Waals surface area (Å²) < 4.78 is 0. The Hall–Kier alpha value is -0.560. The lowest BCUT2D eigenvalue weighted by Crippen LogP contribution is -2.45. The Morgan fingerprint density at radius 1 is 0.931 bits per heavy atom. The maximum Gasteiger partial charge on any atom is 0.227 e. The standard InChI is InChI=1S/C21H36N4O.3ClH/c1-4-21(5-2,17-22)20(26)23-15-18-7-9-19(10-8-18)16-25-13-11-24(6-3)12-14-25;;;/h7-10H,4-6,11-17,22H2,1-3H3,(H,23,26);3*1H. The first-order valence-corrected chi connectivity index (χ1v) is 10.1. The number of amides is 1. The number of nitrogens with two attached hydrogens (primary N) is 1. The third kappa shape index (κ3) is 8.60. The van der Waals surface area contributed by atoms with Gasteiger partial charge < -0.3 is 16.0 Å². The second-order valence-corrected chi connectivity index (χ2v) is 7.40. The zero-order valence-corrected chi connectivity index (χ0v) is 20.4. The van der Waals surface area contributed by atoms with E-state index in [4.69, 9.17) is 5.73 Å². The lowest BCUT2D eigenvalue weighted by atomic mass is 9.81. The molecule has 0 aliphatic carbocycles. The van der Waals surface area contributed by atoms with Crippen LogP contribution in [0.3, 0.4) is 0 Å². The van der Waals surface area contributed by atoms with Crippen LogP contribution in [0.2, 0.25) is 0 Å². The van der Waals surface area contributed by atoms with Crippen molar-refractivity contribution in [3.05, 3.63) is 35.4 Å². The van der Waals surface area contributed by atoms with Gasteiger partial charge in [-0.2, -0.15) is 0 Å². The molecule has 8 heteroatoms. The Labute approximate surface area is 195 Å². The number of nitrogens with zero attached hydrogens (tertiary/aromatic N) is 2. The zero-order valence-electron chi connectivity index (χ0n) is 18.0. The van der Waals surface area contributed by atoms with E-state index in [0.29, 0.717) is 13.1 Å². The molecule has 1 aliphatic heterocycles. The molecule has 1 saturated heterocycles. The fourth-order valence-corrected chi connectivity index (χ4v) is 3.61. The van der Waals surface area contributed by atoms with Crippen LogP contribution >= 0.6 is 37.2 Å². The third-order valence-corrected chi connectivity index (χ3v) is 6.02. The van der Waals surface area contributed by atoms with Crippen LogP contribution in [0.4, 0.5) is 0 Å². The first-order chi connectivity index (χ1) is 12.6. The van der Waals surface area contributed by atoms with Crippen molar-refractivity contribution in [3.8, 4) is 0 Å². The van der Waals surface area contributed by atoms with Crippen LogP contribution < -0.4 is 11.1 Å². The lowest BCUT2D eigenvalue weighted by molar-refractivity contribution is -0.131. The molecular weight excluding hydrogens is 431 g/mol. The number of hydrogen-bond acceptors (Lipinski definition) is 4. The van der Waals surface area contributed by atoms with Crippen molar-refractivity contribution >= 4 is 43.1 Å². The van der Waals surface area contributed by atoms with Gasteiger partial charge in [-0.3, -0.25) is 9.69 Å². The monoisotopic (exact) mass is 468 g/mol. The van der Waals surface area contributed by atoms with Gasteiger partial charge in [0.2, 0.25) is 5.91 Å². The van der Waals surface area contributed by atoms with Gasteiger partial charge in [0, 0.05) is 45.8 Å². The molecule has 5 nitrogen and oxygen atoms in total. The first kappa shape index (κ1) is 30.6. The predicted octanol–water partition coefficient (Wildman–Crippen LogP) is 3.47. The number of hydrogen-bond donors (Lipinski definition) is 2. The maximum atomic E-state index is 12.5. The normalized spacial score (nSPS) is 14.9. The van der Waals surface area contributed by atoms with Crippen LogP contribution in [0.25, 0.3) is 0 Å². The first-order valence-electron chi connectivity index (χ1n) is 10.1. The Bertz CT molecular complexity index is 551. The van der Waals surface area contributed by atoms with Crippen LogP contribution in [0, 0.1) is 5.41 Å². The van der Waals surface area contributed by atoms with Crippen LogP contribution in [0.15, 0.2) is 24.3 Å². The van der Waals surface area contributed by atoms with E-state index in [1.54, 1.807) is 0 Å². The van der Waals surface area contributed by atoms with Gasteiger partial charge in [0.1, 0.15) is 0 Å². The van der Waals surface area contributed by atoms with Gasteiger partial charge in [-0.25, -0.2) is 0 Å². The summed E-state index contributed by atoms with van der Waals surface area (Å²) in [5, 5.41) is 3.07. The molecule has 0 spiro atoms. The van der Waals surface area contributed by atoms with Crippen molar-refractivity contribution in [1.82, 2.24) is 15.1 Å². The van der Waals surface area contributed by atoms with Gasteiger partial charge in [0.25, 0.3) is 0 Å². The molecule has 29 heavy (non-hydrogen) atoms. The van der Waals surface area contributed by atoms with Crippen LogP contribution in [-0.2, 0) is 17.9 Å². The summed E-state index contributed by atoms with van der Waals surface area (Å²) in [6.45, 7) is 14.0. The van der Waals surface area contributed by atoms with Gasteiger partial charge in [-0.1, -0.05) is 45.0 Å². The van der Waals surface area contributed by atoms with Gasteiger partial charge in [-0.15, -0.1) is 37.2 Å². The lowest BCUT2D eigenvalue weighted by Gasteiger charge is -2.34. The molecule has 0 radical (unpaired) electrons. The third-order valence-electron chi connectivity index (χ3n) is 6.02. The molecule has 1 amide bonds. The van der Waals surface area contributed by atoms with Crippen LogP contribution in [0.1, 0.15) is 44.7 Å². The highest BCUT2D eigenvalue weighted by molar-refractivity contribution is 5.86. The molecular formula is C21H39Cl3N4O. The molecule has 0 atom stereocenters. The number of benzene rings is 1. The summed E-state index contributed by atoms with van der Waals surface area (Å²) in [4.78, 5) is 17.5. The van der Waals surface area contributed by atoms with Crippen molar-refractivity contribution in [3.63, 3.8) is 0 Å². The highest BCUT2D eigenvalue weighted by Crippen LogP contribution is 2.25. The smallest absolute Gasteiger partial charge is 0.227 e. The van der Waals surface area contributed by atoms with Gasteiger partial charge >= 0.3 is 0 Å². The van der Waals surface area contributed by atoms with E-state index in [0.717, 1.165) is 44.6 Å². The number of likely N-dealkylation sites (N-methyl/N-ethyl adjacent to an activating group) is 1. The number of nitrogens with one attached hydrogen (secondary N) is 1. The summed E-state index contributed by atoms with van der Waals surface area (Å²) in [5.41, 5.74) is 7.90. The van der Waals surface area contributed by atoms with E-state index >= 15 is 0 Å². The van der Waals surface area contributed by atoms with Crippen molar-refractivity contribution in [2.75, 3.05) is 39.3 Å². The maximum absolute atomic E-state index is 12.5. The van der Waals surface area contributed by atoms with Crippen LogP contribution in [0.5, 0.6) is 0 Å². The Kier molecular flexibility index (Phi) is 16.1. The summed E-state index contributed by atoms with van der Waals surface area (Å²) in [7, 11) is 0. The number of carbonyl (C=O) groups excluding carboxylic acids is 1. The molecule has 3 N–H and O–H groups in total. The minimum atomic E-state index is -0.430. The highest BCUT2D eigenvalue weighted by atomic mass is 35.5. The van der Waals surface area contributed by atoms with Crippen molar-refractivity contribution in [2.24, 2.45) is 11.1 Å². The molecule has 1 aromatic carbocycles. The molecule has 0 bridgehead atoms. The fourth-order valence-electron chi connectivity index (χ4n) is 3.61. The molecule has 2 rings (SSSR count). The van der Waals surface area contributed by atoms with E-state index in [2.05, 4.69) is 46.3 Å². The number of carbonyl (C=O) groups is 1. The van der Waals surface area contributed by atoms with Crippen LogP contribution in [-0.4, -0.2) is 55.0 Å². The topological polar surface area (TPSA) is 61.6 Å². The molecule has 0 aromatic heterocycles. The molecule has 1 heterocycles. The fraction of sp³-hybridized carbons (Fsp3) is 0.667. The predicted molar refractivity (Wildman–Crippen MR) is 129 cm³/mol.